The summed E-state index contributed by atoms with van der Waals surface area (Å²) in [6.45, 7) is 4.95. The second kappa shape index (κ2) is 8.95. The Labute approximate surface area is 176 Å². The van der Waals surface area contributed by atoms with Gasteiger partial charge in [0.25, 0.3) is 0 Å². The summed E-state index contributed by atoms with van der Waals surface area (Å²) in [4.78, 5) is 20.4. The van der Waals surface area contributed by atoms with Crippen LogP contribution in [0.1, 0.15) is 24.5 Å². The molecule has 8 nitrogen and oxygen atoms in total. The molecule has 8 heteroatoms. The van der Waals surface area contributed by atoms with Gasteiger partial charge in [0.1, 0.15) is 12.2 Å². The first-order valence-electron chi connectivity index (χ1n) is 11.0. The molecule has 0 spiro atoms. The van der Waals surface area contributed by atoms with E-state index in [1.54, 1.807) is 0 Å². The van der Waals surface area contributed by atoms with E-state index in [9.17, 15) is 4.79 Å². The van der Waals surface area contributed by atoms with Gasteiger partial charge in [-0.2, -0.15) is 0 Å². The number of fused-ring (bicyclic) bond motifs is 1. The van der Waals surface area contributed by atoms with Gasteiger partial charge in [-0.3, -0.25) is 25.3 Å². The van der Waals surface area contributed by atoms with E-state index in [-0.39, 0.29) is 18.4 Å². The third-order valence-electron chi connectivity index (χ3n) is 6.29. The van der Waals surface area contributed by atoms with Crippen molar-refractivity contribution in [2.75, 3.05) is 39.4 Å². The molecule has 0 radical (unpaired) electrons. The Bertz CT molecular complexity index is 881. The normalized spacial score (nSPS) is 30.9. The summed E-state index contributed by atoms with van der Waals surface area (Å²) in [6, 6.07) is 12.4. The van der Waals surface area contributed by atoms with Crippen LogP contribution < -0.4 is 21.3 Å². The van der Waals surface area contributed by atoms with Gasteiger partial charge in [0.2, 0.25) is 5.91 Å². The summed E-state index contributed by atoms with van der Waals surface area (Å²) >= 11 is 0. The van der Waals surface area contributed by atoms with Gasteiger partial charge in [-0.25, -0.2) is 0 Å². The minimum absolute atomic E-state index is 0.00860. The molecular formula is C22H30N6O2. The molecule has 30 heavy (non-hydrogen) atoms. The van der Waals surface area contributed by atoms with Crippen molar-refractivity contribution < 1.29 is 9.53 Å². The minimum atomic E-state index is -0.395. The third kappa shape index (κ3) is 4.19. The van der Waals surface area contributed by atoms with E-state index in [0.29, 0.717) is 19.3 Å². The zero-order valence-corrected chi connectivity index (χ0v) is 17.1. The molecule has 4 heterocycles. The summed E-state index contributed by atoms with van der Waals surface area (Å²) in [6.07, 6.45) is 1.85. The van der Waals surface area contributed by atoms with Crippen LogP contribution >= 0.6 is 0 Å². The van der Waals surface area contributed by atoms with Crippen molar-refractivity contribution in [2.24, 2.45) is 0 Å². The van der Waals surface area contributed by atoms with Crippen molar-refractivity contribution in [3.8, 4) is 0 Å². The van der Waals surface area contributed by atoms with E-state index in [4.69, 9.17) is 9.72 Å². The Morgan fingerprint density at radius 3 is 2.83 bits per heavy atom. The number of carbonyl (C=O) groups is 1. The molecule has 3 fully saturated rings. The van der Waals surface area contributed by atoms with E-state index in [0.717, 1.165) is 55.6 Å². The second-order valence-corrected chi connectivity index (χ2v) is 8.32. The average Bonchev–Trinajstić information content (AvgIpc) is 2.80. The molecule has 4 atom stereocenters. The Kier molecular flexibility index (Phi) is 5.92. The Morgan fingerprint density at radius 1 is 1.13 bits per heavy atom. The van der Waals surface area contributed by atoms with Crippen LogP contribution in [-0.2, 0) is 9.53 Å². The fraction of sp³-hybridized carbons (Fsp3) is 0.545. The van der Waals surface area contributed by atoms with Crippen molar-refractivity contribution in [1.82, 2.24) is 31.2 Å². The predicted molar refractivity (Wildman–Crippen MR) is 115 cm³/mol. The highest BCUT2D eigenvalue weighted by Crippen LogP contribution is 2.25. The lowest BCUT2D eigenvalue weighted by molar-refractivity contribution is -0.131. The summed E-state index contributed by atoms with van der Waals surface area (Å²) in [5.74, 6) is -0.386. The van der Waals surface area contributed by atoms with Crippen molar-refractivity contribution in [3.05, 3.63) is 42.1 Å². The van der Waals surface area contributed by atoms with Crippen LogP contribution in [0, 0.1) is 0 Å². The number of piperidine rings is 1. The number of benzene rings is 1. The first-order valence-corrected chi connectivity index (χ1v) is 11.0. The van der Waals surface area contributed by atoms with Gasteiger partial charge in [-0.1, -0.05) is 24.3 Å². The fourth-order valence-electron chi connectivity index (χ4n) is 4.67. The number of nitrogens with zero attached hydrogens (tertiary/aromatic N) is 2. The van der Waals surface area contributed by atoms with Gasteiger partial charge < -0.3 is 15.4 Å². The molecule has 4 N–H and O–H groups in total. The molecule has 0 saturated carbocycles. The molecule has 3 aliphatic heterocycles. The summed E-state index contributed by atoms with van der Waals surface area (Å²) in [5, 5.41) is 15.1. The lowest BCUT2D eigenvalue weighted by Crippen LogP contribution is -2.71. The molecule has 0 bridgehead atoms. The van der Waals surface area contributed by atoms with E-state index >= 15 is 0 Å². The van der Waals surface area contributed by atoms with E-state index < -0.39 is 5.92 Å². The summed E-state index contributed by atoms with van der Waals surface area (Å²) in [7, 11) is 0. The molecule has 0 aliphatic carbocycles. The molecular weight excluding hydrogens is 380 g/mol. The van der Waals surface area contributed by atoms with Gasteiger partial charge >= 0.3 is 0 Å². The molecule has 3 unspecified atom stereocenters. The monoisotopic (exact) mass is 410 g/mol. The SMILES string of the molecule is O=C1NC(N2CCOCC2)NC(N[C@@H]2CCCNC2)C1c1ccc2ccccc2n1. The van der Waals surface area contributed by atoms with Crippen molar-refractivity contribution in [3.63, 3.8) is 0 Å². The number of para-hydroxylation sites is 1. The topological polar surface area (TPSA) is 90.6 Å². The molecule has 5 rings (SSSR count). The molecule has 2 aromatic rings. The average molecular weight is 411 g/mol. The lowest BCUT2D eigenvalue weighted by atomic mass is 9.95. The lowest BCUT2D eigenvalue weighted by Gasteiger charge is -2.44. The zero-order valence-electron chi connectivity index (χ0n) is 17.1. The number of pyridine rings is 1. The number of aromatic nitrogens is 1. The summed E-state index contributed by atoms with van der Waals surface area (Å²) < 4.78 is 5.48. The molecule has 1 aromatic heterocycles. The van der Waals surface area contributed by atoms with E-state index in [2.05, 4.69) is 32.2 Å². The number of hydrogen-bond donors (Lipinski definition) is 4. The Balaban J connectivity index is 1.42. The van der Waals surface area contributed by atoms with Gasteiger partial charge in [0, 0.05) is 31.1 Å². The highest BCUT2D eigenvalue weighted by Gasteiger charge is 2.41. The van der Waals surface area contributed by atoms with E-state index in [1.165, 1.54) is 0 Å². The Morgan fingerprint density at radius 2 is 2.00 bits per heavy atom. The number of morpholine rings is 1. The van der Waals surface area contributed by atoms with Crippen LogP contribution in [0.5, 0.6) is 0 Å². The quantitative estimate of drug-likeness (QED) is 0.577. The van der Waals surface area contributed by atoms with E-state index in [1.807, 2.05) is 30.3 Å². The molecule has 1 aromatic carbocycles. The number of hydrogen-bond acceptors (Lipinski definition) is 7. The van der Waals surface area contributed by atoms with Crippen molar-refractivity contribution >= 4 is 16.8 Å². The predicted octanol–water partition coefficient (Wildman–Crippen LogP) is 0.321. The summed E-state index contributed by atoms with van der Waals surface area (Å²) in [5.41, 5.74) is 1.71. The molecule has 3 aliphatic rings. The maximum absolute atomic E-state index is 13.3. The van der Waals surface area contributed by atoms with Crippen LogP contribution in [0.4, 0.5) is 0 Å². The Hall–Kier alpha value is -2.10. The maximum Gasteiger partial charge on any atom is 0.234 e. The smallest absolute Gasteiger partial charge is 0.234 e. The van der Waals surface area contributed by atoms with Gasteiger partial charge in [-0.15, -0.1) is 0 Å². The van der Waals surface area contributed by atoms with Crippen LogP contribution in [0.25, 0.3) is 10.9 Å². The number of amides is 1. The van der Waals surface area contributed by atoms with Crippen LogP contribution in [0.3, 0.4) is 0 Å². The highest BCUT2D eigenvalue weighted by atomic mass is 16.5. The van der Waals surface area contributed by atoms with Gasteiger partial charge in [0.05, 0.1) is 30.6 Å². The number of nitrogens with one attached hydrogen (secondary N) is 4. The number of rotatable bonds is 4. The van der Waals surface area contributed by atoms with Gasteiger partial charge in [-0.05, 0) is 31.5 Å². The maximum atomic E-state index is 13.3. The third-order valence-corrected chi connectivity index (χ3v) is 6.29. The number of ether oxygens (including phenoxy) is 1. The largest absolute Gasteiger partial charge is 0.379 e. The first-order chi connectivity index (χ1) is 14.8. The fourth-order valence-corrected chi connectivity index (χ4v) is 4.67. The molecule has 160 valence electrons. The van der Waals surface area contributed by atoms with Crippen LogP contribution in [0.15, 0.2) is 36.4 Å². The molecule has 3 saturated heterocycles. The van der Waals surface area contributed by atoms with Gasteiger partial charge in [0.15, 0.2) is 0 Å². The zero-order chi connectivity index (χ0) is 20.3. The van der Waals surface area contributed by atoms with Crippen LogP contribution in [0.2, 0.25) is 0 Å². The number of carbonyl (C=O) groups excluding carboxylic acids is 1. The van der Waals surface area contributed by atoms with Crippen molar-refractivity contribution in [2.45, 2.75) is 37.3 Å². The molecule has 1 amide bonds. The second-order valence-electron chi connectivity index (χ2n) is 8.32. The minimum Gasteiger partial charge on any atom is -0.379 e. The first kappa shape index (κ1) is 19.8. The van der Waals surface area contributed by atoms with Crippen LogP contribution in [-0.4, -0.2) is 73.7 Å². The van der Waals surface area contributed by atoms with Crippen molar-refractivity contribution in [1.29, 1.82) is 0 Å². The highest BCUT2D eigenvalue weighted by molar-refractivity contribution is 5.86. The standard InChI is InChI=1S/C22H30N6O2/c29-21-19(18-8-7-15-4-1-2-6-17(15)25-18)20(24-16-5-3-9-23-14-16)26-22(27-21)28-10-12-30-13-11-28/h1-2,4,6-8,16,19-20,22-24,26H,3,5,9-14H2,(H,27,29)/t16-,19?,20?,22?/m1/s1.